The van der Waals surface area contributed by atoms with E-state index in [0.717, 1.165) is 33.8 Å². The normalized spacial score (nSPS) is 16.3. The lowest BCUT2D eigenvalue weighted by atomic mass is 9.84. The van der Waals surface area contributed by atoms with Crippen molar-refractivity contribution in [3.63, 3.8) is 0 Å². The molecule has 0 spiro atoms. The Bertz CT molecular complexity index is 2300. The van der Waals surface area contributed by atoms with Crippen LogP contribution in [0.2, 0.25) is 0 Å². The third-order valence-corrected chi connectivity index (χ3v) is 12.6. The van der Waals surface area contributed by atoms with Crippen LogP contribution < -0.4 is 9.64 Å². The van der Waals surface area contributed by atoms with Crippen molar-refractivity contribution in [1.29, 1.82) is 0 Å². The first-order valence-electron chi connectivity index (χ1n) is 19.2. The lowest BCUT2D eigenvalue weighted by Gasteiger charge is -2.31. The SMILES string of the molecule is O=C(OCc1ccccc1)c1ccc(N(Cc2ccc(C3CCCCC3)cc2)C(=O)[C@H]2CCCN2S(=O)(=O)c2cc(F)cc(F)c2F)cc1OCc1ccccc1. The van der Waals surface area contributed by atoms with Gasteiger partial charge in [-0.15, -0.1) is 0 Å². The highest BCUT2D eigenvalue weighted by Gasteiger charge is 2.43. The molecule has 57 heavy (non-hydrogen) atoms. The summed E-state index contributed by atoms with van der Waals surface area (Å²) in [6.07, 6.45) is 6.11. The van der Waals surface area contributed by atoms with E-state index in [4.69, 9.17) is 9.47 Å². The predicted octanol–water partition coefficient (Wildman–Crippen LogP) is 9.47. The second-order valence-corrected chi connectivity index (χ2v) is 16.3. The molecule has 1 saturated carbocycles. The Kier molecular flexibility index (Phi) is 12.4. The Morgan fingerprint density at radius 1 is 0.719 bits per heavy atom. The average Bonchev–Trinajstić information content (AvgIpc) is 3.75. The van der Waals surface area contributed by atoms with Crippen LogP contribution in [0.3, 0.4) is 0 Å². The largest absolute Gasteiger partial charge is 0.488 e. The van der Waals surface area contributed by atoms with Gasteiger partial charge in [0.25, 0.3) is 0 Å². The molecule has 2 aliphatic rings. The van der Waals surface area contributed by atoms with Gasteiger partial charge in [0, 0.05) is 24.4 Å². The van der Waals surface area contributed by atoms with Gasteiger partial charge in [-0.05, 0) is 72.1 Å². The van der Waals surface area contributed by atoms with Crippen molar-refractivity contribution >= 4 is 27.6 Å². The zero-order valence-corrected chi connectivity index (χ0v) is 32.1. The van der Waals surface area contributed by atoms with Gasteiger partial charge >= 0.3 is 5.97 Å². The predicted molar refractivity (Wildman–Crippen MR) is 209 cm³/mol. The van der Waals surface area contributed by atoms with Crippen molar-refractivity contribution in [2.24, 2.45) is 0 Å². The summed E-state index contributed by atoms with van der Waals surface area (Å²) in [5.74, 6) is -5.35. The van der Waals surface area contributed by atoms with Crippen molar-refractivity contribution in [2.75, 3.05) is 11.4 Å². The molecule has 1 aliphatic carbocycles. The summed E-state index contributed by atoms with van der Waals surface area (Å²) in [6, 6.07) is 30.5. The molecule has 296 valence electrons. The van der Waals surface area contributed by atoms with Gasteiger partial charge in [-0.3, -0.25) is 4.79 Å². The molecule has 0 unspecified atom stereocenters. The van der Waals surface area contributed by atoms with E-state index in [-0.39, 0.29) is 56.5 Å². The van der Waals surface area contributed by atoms with Crippen LogP contribution in [0, 0.1) is 17.5 Å². The maximum Gasteiger partial charge on any atom is 0.342 e. The molecule has 8 nitrogen and oxygen atoms in total. The van der Waals surface area contributed by atoms with Crippen LogP contribution in [0.15, 0.2) is 120 Å². The molecular weight excluding hydrogens is 754 g/mol. The van der Waals surface area contributed by atoms with E-state index in [1.807, 2.05) is 72.8 Å². The summed E-state index contributed by atoms with van der Waals surface area (Å²) >= 11 is 0. The Morgan fingerprint density at radius 3 is 2.07 bits per heavy atom. The van der Waals surface area contributed by atoms with Crippen LogP contribution in [0.4, 0.5) is 18.9 Å². The molecule has 5 aromatic rings. The highest BCUT2D eigenvalue weighted by molar-refractivity contribution is 7.89. The number of sulfonamides is 1. The second-order valence-electron chi connectivity index (χ2n) is 14.5. The molecule has 0 aromatic heterocycles. The summed E-state index contributed by atoms with van der Waals surface area (Å²) in [5.41, 5.74) is 3.99. The van der Waals surface area contributed by atoms with Crippen molar-refractivity contribution in [3.8, 4) is 5.75 Å². The molecule has 0 N–H and O–H groups in total. The number of esters is 1. The van der Waals surface area contributed by atoms with Crippen molar-refractivity contribution < 1.29 is 40.7 Å². The topological polar surface area (TPSA) is 93.2 Å². The van der Waals surface area contributed by atoms with Crippen LogP contribution >= 0.6 is 0 Å². The van der Waals surface area contributed by atoms with Gasteiger partial charge in [0.05, 0.1) is 6.54 Å². The zero-order chi connectivity index (χ0) is 39.9. The van der Waals surface area contributed by atoms with Gasteiger partial charge in [-0.25, -0.2) is 26.4 Å². The van der Waals surface area contributed by atoms with Crippen LogP contribution in [0.5, 0.6) is 5.75 Å². The second kappa shape index (κ2) is 17.8. The fourth-order valence-corrected chi connectivity index (χ4v) is 9.35. The molecule has 1 saturated heterocycles. The fourth-order valence-electron chi connectivity index (χ4n) is 7.61. The number of halogens is 3. The van der Waals surface area contributed by atoms with Gasteiger partial charge in [-0.2, -0.15) is 4.31 Å². The minimum Gasteiger partial charge on any atom is -0.488 e. The average molecular weight is 797 g/mol. The number of ether oxygens (including phenoxy) is 2. The van der Waals surface area contributed by atoms with Crippen LogP contribution in [-0.4, -0.2) is 37.2 Å². The Hall–Kier alpha value is -5.46. The number of amides is 1. The number of anilines is 1. The summed E-state index contributed by atoms with van der Waals surface area (Å²) in [4.78, 5) is 28.6. The molecule has 2 fully saturated rings. The summed E-state index contributed by atoms with van der Waals surface area (Å²) in [5, 5.41) is 0. The van der Waals surface area contributed by atoms with E-state index in [9.17, 15) is 31.2 Å². The Balaban J connectivity index is 1.25. The molecule has 5 aromatic carbocycles. The summed E-state index contributed by atoms with van der Waals surface area (Å²) in [7, 11) is -4.86. The number of benzene rings is 5. The summed E-state index contributed by atoms with van der Waals surface area (Å²) in [6.45, 7) is -0.0576. The van der Waals surface area contributed by atoms with E-state index in [1.54, 1.807) is 12.1 Å². The van der Waals surface area contributed by atoms with Crippen LogP contribution in [-0.2, 0) is 39.3 Å². The maximum absolute atomic E-state index is 14.9. The highest BCUT2D eigenvalue weighted by atomic mass is 32.2. The molecule has 1 heterocycles. The molecule has 1 amide bonds. The molecule has 1 aliphatic heterocycles. The van der Waals surface area contributed by atoms with Gasteiger partial charge < -0.3 is 14.4 Å². The van der Waals surface area contributed by atoms with E-state index in [2.05, 4.69) is 12.1 Å². The maximum atomic E-state index is 14.9. The molecular formula is C45H43F3N2O6S. The number of carbonyl (C=O) groups is 2. The molecule has 0 bridgehead atoms. The Morgan fingerprint density at radius 2 is 1.39 bits per heavy atom. The van der Waals surface area contributed by atoms with E-state index in [1.165, 1.54) is 35.8 Å². The lowest BCUT2D eigenvalue weighted by molar-refractivity contribution is -0.121. The quantitative estimate of drug-likeness (QED) is 0.0871. The van der Waals surface area contributed by atoms with Crippen molar-refractivity contribution in [2.45, 2.75) is 81.6 Å². The zero-order valence-electron chi connectivity index (χ0n) is 31.3. The molecule has 7 rings (SSSR count). The smallest absolute Gasteiger partial charge is 0.342 e. The minimum atomic E-state index is -4.86. The van der Waals surface area contributed by atoms with Gasteiger partial charge in [0.15, 0.2) is 11.6 Å². The number of nitrogens with zero attached hydrogens (tertiary/aromatic N) is 2. The molecule has 12 heteroatoms. The molecule has 1 atom stereocenters. The van der Waals surface area contributed by atoms with Crippen molar-refractivity contribution in [1.82, 2.24) is 4.31 Å². The fraction of sp³-hybridized carbons (Fsp3) is 0.289. The first-order valence-corrected chi connectivity index (χ1v) is 20.6. The van der Waals surface area contributed by atoms with E-state index in [0.29, 0.717) is 17.7 Å². The van der Waals surface area contributed by atoms with E-state index >= 15 is 0 Å². The third-order valence-electron chi connectivity index (χ3n) is 10.6. The van der Waals surface area contributed by atoms with Gasteiger partial charge in [0.1, 0.15) is 41.3 Å². The van der Waals surface area contributed by atoms with Gasteiger partial charge in [-0.1, -0.05) is 104 Å². The Labute approximate surface area is 330 Å². The number of carbonyl (C=O) groups excluding carboxylic acids is 2. The first-order chi connectivity index (χ1) is 27.6. The minimum absolute atomic E-state index is 0.00699. The van der Waals surface area contributed by atoms with Crippen LogP contribution in [0.25, 0.3) is 0 Å². The van der Waals surface area contributed by atoms with E-state index < -0.39 is 50.3 Å². The first kappa shape index (κ1) is 39.8. The number of hydrogen-bond acceptors (Lipinski definition) is 6. The van der Waals surface area contributed by atoms with Gasteiger partial charge in [0.2, 0.25) is 15.9 Å². The number of rotatable bonds is 13. The third kappa shape index (κ3) is 9.24. The highest BCUT2D eigenvalue weighted by Crippen LogP contribution is 2.36. The lowest BCUT2D eigenvalue weighted by Crippen LogP contribution is -2.48. The standard InChI is InChI=1S/C45H43F3N2O6S/c46-36-25-39(47)43(48)42(26-36)57(53,54)50-24-10-17-40(50)44(51)49(28-31-18-20-35(21-19-31)34-15-8-3-9-16-34)37-22-23-38(45(52)56-30-33-13-6-2-7-14-33)41(27-37)55-29-32-11-4-1-5-12-32/h1-2,4-7,11-14,18-23,25-27,34,40H,3,8-10,15-17,24,28-30H2/t40-/m1/s1. The molecule has 0 radical (unpaired) electrons. The summed E-state index contributed by atoms with van der Waals surface area (Å²) < 4.78 is 83.8. The van der Waals surface area contributed by atoms with Crippen molar-refractivity contribution in [3.05, 3.63) is 161 Å². The number of hydrogen-bond donors (Lipinski definition) is 0. The monoisotopic (exact) mass is 796 g/mol. The van der Waals surface area contributed by atoms with Crippen LogP contribution in [0.1, 0.15) is 83.5 Å².